The molecule has 0 bridgehead atoms. The van der Waals surface area contributed by atoms with E-state index in [4.69, 9.17) is 4.74 Å². The summed E-state index contributed by atoms with van der Waals surface area (Å²) in [5.41, 5.74) is 0.553. The van der Waals surface area contributed by atoms with Crippen molar-refractivity contribution in [2.45, 2.75) is 0 Å². The molecular weight excluding hydrogens is 296 g/mol. The van der Waals surface area contributed by atoms with Crippen LogP contribution in [-0.4, -0.2) is 31.2 Å². The van der Waals surface area contributed by atoms with Gasteiger partial charge in [0.25, 0.3) is 0 Å². The van der Waals surface area contributed by atoms with Crippen molar-refractivity contribution in [3.8, 4) is 11.6 Å². The minimum atomic E-state index is -2.23. The minimum Gasteiger partial charge on any atom is -0.434 e. The number of ether oxygens (including phenoxy) is 1. The van der Waals surface area contributed by atoms with Crippen LogP contribution in [0.25, 0.3) is 0 Å². The lowest BCUT2D eigenvalue weighted by Gasteiger charge is -2.05. The van der Waals surface area contributed by atoms with Gasteiger partial charge in [0.05, 0.1) is 5.69 Å². The van der Waals surface area contributed by atoms with Crippen molar-refractivity contribution < 1.29 is 13.9 Å². The molecule has 0 spiro atoms. The molecule has 1 heterocycles. The summed E-state index contributed by atoms with van der Waals surface area (Å²) in [6.45, 7) is 0. The number of aromatic nitrogens is 2. The Bertz CT molecular complexity index is 780. The highest BCUT2D eigenvalue weighted by Gasteiger charge is 2.22. The summed E-state index contributed by atoms with van der Waals surface area (Å²) in [5, 5.41) is 10.8. The standard InChI is InChI=1S/C12H14N4O4S/c1-15-8-13-11(16(17)18)12(15)20-10-6-4-9(5-7-10)14-21(2,3)19/h4-8H,1-3H3. The zero-order chi connectivity index (χ0) is 15.6. The molecule has 0 saturated heterocycles. The maximum absolute atomic E-state index is 11.6. The van der Waals surface area contributed by atoms with E-state index in [1.165, 1.54) is 23.4 Å². The summed E-state index contributed by atoms with van der Waals surface area (Å²) in [4.78, 5) is 13.9. The molecule has 1 aromatic carbocycles. The summed E-state index contributed by atoms with van der Waals surface area (Å²) < 4.78 is 22.5. The summed E-state index contributed by atoms with van der Waals surface area (Å²) in [7, 11) is -0.634. The topological polar surface area (TPSA) is 99.6 Å². The Labute approximate surface area is 121 Å². The quantitative estimate of drug-likeness (QED) is 0.638. The first-order valence-electron chi connectivity index (χ1n) is 5.87. The first-order chi connectivity index (χ1) is 9.76. The molecule has 0 radical (unpaired) electrons. The number of nitro groups is 1. The maximum atomic E-state index is 11.6. The number of hydrogen-bond donors (Lipinski definition) is 0. The van der Waals surface area contributed by atoms with Crippen LogP contribution in [0.15, 0.2) is 35.0 Å². The fourth-order valence-electron chi connectivity index (χ4n) is 1.59. The van der Waals surface area contributed by atoms with Crippen LogP contribution in [0.5, 0.6) is 11.6 Å². The summed E-state index contributed by atoms with van der Waals surface area (Å²) >= 11 is 0. The Kier molecular flexibility index (Phi) is 3.94. The van der Waals surface area contributed by atoms with Gasteiger partial charge in [0, 0.05) is 29.3 Å². The second kappa shape index (κ2) is 5.52. The lowest BCUT2D eigenvalue weighted by atomic mass is 10.3. The van der Waals surface area contributed by atoms with E-state index < -0.39 is 14.7 Å². The Morgan fingerprint density at radius 3 is 2.48 bits per heavy atom. The van der Waals surface area contributed by atoms with E-state index in [0.29, 0.717) is 11.4 Å². The van der Waals surface area contributed by atoms with Gasteiger partial charge in [0.1, 0.15) is 5.75 Å². The fraction of sp³-hybridized carbons (Fsp3) is 0.250. The molecular formula is C12H14N4O4S. The van der Waals surface area contributed by atoms with Crippen LogP contribution in [0, 0.1) is 10.1 Å². The van der Waals surface area contributed by atoms with Gasteiger partial charge in [-0.25, -0.2) is 4.21 Å². The lowest BCUT2D eigenvalue weighted by Crippen LogP contribution is -1.96. The molecule has 112 valence electrons. The molecule has 0 aliphatic heterocycles. The largest absolute Gasteiger partial charge is 0.434 e. The molecule has 8 nitrogen and oxygen atoms in total. The molecule has 0 aliphatic rings. The van der Waals surface area contributed by atoms with Gasteiger partial charge in [-0.05, 0) is 34.2 Å². The Hall–Kier alpha value is -2.42. The van der Waals surface area contributed by atoms with E-state index in [1.54, 1.807) is 31.3 Å². The van der Waals surface area contributed by atoms with Crippen molar-refractivity contribution in [1.82, 2.24) is 9.55 Å². The molecule has 0 fully saturated rings. The molecule has 1 aromatic heterocycles. The number of imidazole rings is 1. The molecule has 21 heavy (non-hydrogen) atoms. The van der Waals surface area contributed by atoms with E-state index in [2.05, 4.69) is 9.35 Å². The zero-order valence-electron chi connectivity index (χ0n) is 11.7. The highest BCUT2D eigenvalue weighted by molar-refractivity contribution is 7.92. The van der Waals surface area contributed by atoms with Gasteiger partial charge < -0.3 is 14.9 Å². The van der Waals surface area contributed by atoms with Crippen molar-refractivity contribution >= 4 is 21.2 Å². The second-order valence-corrected chi connectivity index (χ2v) is 7.15. The van der Waals surface area contributed by atoms with E-state index in [0.717, 1.165) is 0 Å². The van der Waals surface area contributed by atoms with Gasteiger partial charge in [0.15, 0.2) is 0 Å². The number of aryl methyl sites for hydroxylation is 1. The highest BCUT2D eigenvalue weighted by Crippen LogP contribution is 2.30. The van der Waals surface area contributed by atoms with Gasteiger partial charge in [-0.1, -0.05) is 0 Å². The predicted octanol–water partition coefficient (Wildman–Crippen LogP) is 2.48. The maximum Gasteiger partial charge on any atom is 0.427 e. The van der Waals surface area contributed by atoms with Crippen LogP contribution in [0.1, 0.15) is 0 Å². The first-order valence-corrected chi connectivity index (χ1v) is 8.20. The molecule has 0 unspecified atom stereocenters. The van der Waals surface area contributed by atoms with E-state index in [1.807, 2.05) is 0 Å². The van der Waals surface area contributed by atoms with Crippen molar-refractivity contribution in [2.24, 2.45) is 11.4 Å². The van der Waals surface area contributed by atoms with Crippen LogP contribution in [0.4, 0.5) is 11.5 Å². The SMILES string of the molecule is Cn1cnc([N+](=O)[O-])c1Oc1ccc(N=S(C)(C)=O)cc1. The van der Waals surface area contributed by atoms with Crippen molar-refractivity contribution in [3.63, 3.8) is 0 Å². The summed E-state index contributed by atoms with van der Waals surface area (Å²) in [6.07, 6.45) is 4.38. The van der Waals surface area contributed by atoms with E-state index >= 15 is 0 Å². The summed E-state index contributed by atoms with van der Waals surface area (Å²) in [5.74, 6) is 0.0928. The first kappa shape index (κ1) is 15.0. The van der Waals surface area contributed by atoms with Crippen LogP contribution < -0.4 is 4.74 Å². The summed E-state index contributed by atoms with van der Waals surface area (Å²) in [6, 6.07) is 6.45. The van der Waals surface area contributed by atoms with Crippen LogP contribution in [0.3, 0.4) is 0 Å². The third kappa shape index (κ3) is 3.78. The van der Waals surface area contributed by atoms with E-state index in [9.17, 15) is 14.3 Å². The molecule has 2 rings (SSSR count). The highest BCUT2D eigenvalue weighted by atomic mass is 32.2. The predicted molar refractivity (Wildman–Crippen MR) is 78.5 cm³/mol. The van der Waals surface area contributed by atoms with Crippen LogP contribution in [0.2, 0.25) is 0 Å². The zero-order valence-corrected chi connectivity index (χ0v) is 12.5. The van der Waals surface area contributed by atoms with Gasteiger partial charge in [0.2, 0.25) is 6.33 Å². The van der Waals surface area contributed by atoms with Gasteiger partial charge in [-0.3, -0.25) is 4.57 Å². The average Bonchev–Trinajstić information content (AvgIpc) is 2.72. The smallest absolute Gasteiger partial charge is 0.427 e. The molecule has 0 saturated carbocycles. The molecule has 0 aliphatic carbocycles. The van der Waals surface area contributed by atoms with Gasteiger partial charge in [-0.15, -0.1) is 0 Å². The Balaban J connectivity index is 2.28. The number of benzene rings is 1. The monoisotopic (exact) mass is 310 g/mol. The van der Waals surface area contributed by atoms with Crippen LogP contribution in [-0.2, 0) is 16.8 Å². The molecule has 0 atom stereocenters. The Morgan fingerprint density at radius 2 is 1.95 bits per heavy atom. The number of rotatable bonds is 4. The van der Waals surface area contributed by atoms with Crippen LogP contribution >= 0.6 is 0 Å². The Morgan fingerprint density at radius 1 is 1.33 bits per heavy atom. The molecule has 9 heteroatoms. The second-order valence-electron chi connectivity index (χ2n) is 4.61. The third-order valence-corrected chi connectivity index (χ3v) is 3.06. The third-order valence-electron chi connectivity index (χ3n) is 2.41. The fourth-order valence-corrected chi connectivity index (χ4v) is 2.22. The number of nitrogens with zero attached hydrogens (tertiary/aromatic N) is 4. The van der Waals surface area contributed by atoms with Gasteiger partial charge >= 0.3 is 11.7 Å². The van der Waals surface area contributed by atoms with Gasteiger partial charge in [-0.2, -0.15) is 4.36 Å². The lowest BCUT2D eigenvalue weighted by molar-refractivity contribution is -0.390. The molecule has 2 aromatic rings. The molecule has 0 amide bonds. The normalized spacial score (nSPS) is 11.2. The molecule has 0 N–H and O–H groups in total. The van der Waals surface area contributed by atoms with Crippen molar-refractivity contribution in [2.75, 3.05) is 12.5 Å². The van der Waals surface area contributed by atoms with Crippen molar-refractivity contribution in [3.05, 3.63) is 40.7 Å². The minimum absolute atomic E-state index is 0.0412. The average molecular weight is 310 g/mol. The van der Waals surface area contributed by atoms with E-state index in [-0.39, 0.29) is 11.7 Å². The number of hydrogen-bond acceptors (Lipinski definition) is 6. The van der Waals surface area contributed by atoms with Crippen molar-refractivity contribution in [1.29, 1.82) is 0 Å².